The van der Waals surface area contributed by atoms with Crippen LogP contribution in [-0.4, -0.2) is 52.9 Å². The summed E-state index contributed by atoms with van der Waals surface area (Å²) in [6, 6.07) is 10.0. The molecule has 21 heavy (non-hydrogen) atoms. The van der Waals surface area contributed by atoms with Crippen LogP contribution in [0.3, 0.4) is 0 Å². The molecule has 0 aromatic heterocycles. The number of aliphatic carboxylic acids is 1. The van der Waals surface area contributed by atoms with Crippen LogP contribution in [0.5, 0.6) is 0 Å². The van der Waals surface area contributed by atoms with Gasteiger partial charge in [0.25, 0.3) is 0 Å². The molecule has 1 heterocycles. The molecule has 6 heteroatoms. The van der Waals surface area contributed by atoms with E-state index in [0.717, 1.165) is 5.75 Å². The van der Waals surface area contributed by atoms with Crippen molar-refractivity contribution in [2.45, 2.75) is 18.3 Å². The van der Waals surface area contributed by atoms with Crippen molar-refractivity contribution in [2.24, 2.45) is 0 Å². The fourth-order valence-corrected chi connectivity index (χ4v) is 3.07. The number of amides is 1. The zero-order chi connectivity index (χ0) is 15.3. The van der Waals surface area contributed by atoms with Crippen LogP contribution < -0.4 is 0 Å². The molecule has 0 unspecified atom stereocenters. The Balaban J connectivity index is 1.66. The number of likely N-dealkylation sites (tertiary alicyclic amines) is 1. The topological polar surface area (TPSA) is 66.8 Å². The second kappa shape index (κ2) is 6.95. The summed E-state index contributed by atoms with van der Waals surface area (Å²) in [5.41, 5.74) is 0.687. The highest BCUT2D eigenvalue weighted by Crippen LogP contribution is 2.25. The first-order valence-corrected chi connectivity index (χ1v) is 7.89. The molecule has 1 fully saturated rings. The molecule has 1 amide bonds. The smallest absolute Gasteiger partial charge is 0.329 e. The molecule has 1 N–H and O–H groups in total. The molecule has 1 saturated heterocycles. The van der Waals surface area contributed by atoms with E-state index in [1.54, 1.807) is 16.7 Å². The van der Waals surface area contributed by atoms with E-state index < -0.39 is 11.6 Å². The first-order chi connectivity index (χ1) is 9.98. The Morgan fingerprint density at radius 3 is 2.62 bits per heavy atom. The molecular formula is C15H19NO4S. The minimum atomic E-state index is -0.987. The number of carboxylic acid groups (broad SMARTS) is 1. The Morgan fingerprint density at radius 1 is 1.33 bits per heavy atom. The van der Waals surface area contributed by atoms with Crippen molar-refractivity contribution >= 4 is 23.6 Å². The van der Waals surface area contributed by atoms with Crippen molar-refractivity contribution in [3.8, 4) is 0 Å². The van der Waals surface area contributed by atoms with Gasteiger partial charge in [0, 0.05) is 5.75 Å². The van der Waals surface area contributed by atoms with Crippen LogP contribution in [0.25, 0.3) is 0 Å². The van der Waals surface area contributed by atoms with Gasteiger partial charge >= 0.3 is 5.97 Å². The maximum atomic E-state index is 12.0. The SMILES string of the molecule is CC1(OCC(=O)O)CN(C(=O)CSCc2ccccc2)C1. The first kappa shape index (κ1) is 15.9. The highest BCUT2D eigenvalue weighted by molar-refractivity contribution is 7.99. The van der Waals surface area contributed by atoms with E-state index in [-0.39, 0.29) is 12.5 Å². The van der Waals surface area contributed by atoms with Gasteiger partial charge in [0.05, 0.1) is 18.8 Å². The normalized spacial score (nSPS) is 16.3. The molecule has 1 aliphatic heterocycles. The predicted molar refractivity (Wildman–Crippen MR) is 81.2 cm³/mol. The average Bonchev–Trinajstić information content (AvgIpc) is 2.43. The van der Waals surface area contributed by atoms with Gasteiger partial charge in [0.2, 0.25) is 5.91 Å². The monoisotopic (exact) mass is 309 g/mol. The van der Waals surface area contributed by atoms with Crippen LogP contribution in [0.1, 0.15) is 12.5 Å². The van der Waals surface area contributed by atoms with E-state index in [2.05, 4.69) is 0 Å². The number of hydrogen-bond donors (Lipinski definition) is 1. The number of hydrogen-bond acceptors (Lipinski definition) is 4. The van der Waals surface area contributed by atoms with E-state index in [9.17, 15) is 9.59 Å². The fourth-order valence-electron chi connectivity index (χ4n) is 2.19. The van der Waals surface area contributed by atoms with Gasteiger partial charge in [-0.2, -0.15) is 0 Å². The summed E-state index contributed by atoms with van der Waals surface area (Å²) in [7, 11) is 0. The van der Waals surface area contributed by atoms with Crippen molar-refractivity contribution in [3.05, 3.63) is 35.9 Å². The number of benzene rings is 1. The third-order valence-corrected chi connectivity index (χ3v) is 4.27. The number of carbonyl (C=O) groups excluding carboxylic acids is 1. The van der Waals surface area contributed by atoms with Gasteiger partial charge in [-0.05, 0) is 12.5 Å². The van der Waals surface area contributed by atoms with E-state index in [1.165, 1.54) is 5.56 Å². The average molecular weight is 309 g/mol. The lowest BCUT2D eigenvalue weighted by molar-refractivity contribution is -0.171. The molecule has 1 aliphatic rings. The van der Waals surface area contributed by atoms with Crippen LogP contribution in [0.4, 0.5) is 0 Å². The minimum Gasteiger partial charge on any atom is -0.480 e. The fraction of sp³-hybridized carbons (Fsp3) is 0.467. The highest BCUT2D eigenvalue weighted by atomic mass is 32.2. The second-order valence-electron chi connectivity index (χ2n) is 5.36. The number of ether oxygens (including phenoxy) is 1. The summed E-state index contributed by atoms with van der Waals surface area (Å²) >= 11 is 1.58. The van der Waals surface area contributed by atoms with Crippen LogP contribution in [-0.2, 0) is 20.1 Å². The molecule has 5 nitrogen and oxygen atoms in total. The number of rotatable bonds is 7. The summed E-state index contributed by atoms with van der Waals surface area (Å²) in [5, 5.41) is 8.59. The lowest BCUT2D eigenvalue weighted by atomic mass is 9.96. The van der Waals surface area contributed by atoms with Crippen molar-refractivity contribution in [3.63, 3.8) is 0 Å². The molecule has 114 valence electrons. The molecule has 0 atom stereocenters. The summed E-state index contributed by atoms with van der Waals surface area (Å²) in [5.74, 6) is 0.337. The van der Waals surface area contributed by atoms with E-state index in [1.807, 2.05) is 37.3 Å². The number of thioether (sulfide) groups is 1. The number of carboxylic acids is 1. The van der Waals surface area contributed by atoms with Crippen LogP contribution in [0.15, 0.2) is 30.3 Å². The van der Waals surface area contributed by atoms with Gasteiger partial charge in [-0.25, -0.2) is 4.79 Å². The summed E-state index contributed by atoms with van der Waals surface area (Å²) in [4.78, 5) is 24.2. The molecule has 1 aromatic carbocycles. The molecule has 0 aliphatic carbocycles. The Bertz CT molecular complexity index is 500. The zero-order valence-electron chi connectivity index (χ0n) is 11.9. The summed E-state index contributed by atoms with van der Waals surface area (Å²) in [6.07, 6.45) is 0. The minimum absolute atomic E-state index is 0.0762. The van der Waals surface area contributed by atoms with Crippen molar-refractivity contribution in [2.75, 3.05) is 25.4 Å². The highest BCUT2D eigenvalue weighted by Gasteiger charge is 2.42. The van der Waals surface area contributed by atoms with Gasteiger partial charge in [0.1, 0.15) is 12.2 Å². The summed E-state index contributed by atoms with van der Waals surface area (Å²) in [6.45, 7) is 2.44. The maximum absolute atomic E-state index is 12.0. The van der Waals surface area contributed by atoms with Gasteiger partial charge in [-0.15, -0.1) is 11.8 Å². The Hall–Kier alpha value is -1.53. The Labute approximate surface area is 128 Å². The summed E-state index contributed by atoms with van der Waals surface area (Å²) < 4.78 is 5.28. The third kappa shape index (κ3) is 4.75. The quantitative estimate of drug-likeness (QED) is 0.829. The van der Waals surface area contributed by atoms with Crippen LogP contribution in [0.2, 0.25) is 0 Å². The maximum Gasteiger partial charge on any atom is 0.329 e. The second-order valence-corrected chi connectivity index (χ2v) is 6.35. The molecule has 0 bridgehead atoms. The Kier molecular flexibility index (Phi) is 5.25. The lowest BCUT2D eigenvalue weighted by Gasteiger charge is -2.47. The standard InChI is InChI=1S/C15H19NO4S/c1-15(20-7-14(18)19)10-16(11-15)13(17)9-21-8-12-5-3-2-4-6-12/h2-6H,7-11H2,1H3,(H,18,19). The van der Waals surface area contributed by atoms with E-state index in [4.69, 9.17) is 9.84 Å². The zero-order valence-corrected chi connectivity index (χ0v) is 12.8. The van der Waals surface area contributed by atoms with Gasteiger partial charge in [-0.3, -0.25) is 4.79 Å². The molecule has 1 aromatic rings. The van der Waals surface area contributed by atoms with E-state index >= 15 is 0 Å². The Morgan fingerprint density at radius 2 is 2.00 bits per heavy atom. The molecular weight excluding hydrogens is 290 g/mol. The van der Waals surface area contributed by atoms with Gasteiger partial charge < -0.3 is 14.7 Å². The van der Waals surface area contributed by atoms with Crippen molar-refractivity contribution in [1.82, 2.24) is 4.90 Å². The van der Waals surface area contributed by atoms with Crippen LogP contribution in [0, 0.1) is 0 Å². The van der Waals surface area contributed by atoms with Crippen molar-refractivity contribution < 1.29 is 19.4 Å². The van der Waals surface area contributed by atoms with Gasteiger partial charge in [0.15, 0.2) is 0 Å². The number of carbonyl (C=O) groups is 2. The first-order valence-electron chi connectivity index (χ1n) is 6.74. The molecule has 0 radical (unpaired) electrons. The van der Waals surface area contributed by atoms with Gasteiger partial charge in [-0.1, -0.05) is 30.3 Å². The number of nitrogens with zero attached hydrogens (tertiary/aromatic N) is 1. The lowest BCUT2D eigenvalue weighted by Crippen LogP contribution is -2.63. The third-order valence-electron chi connectivity index (χ3n) is 3.28. The molecule has 2 rings (SSSR count). The van der Waals surface area contributed by atoms with Crippen molar-refractivity contribution in [1.29, 1.82) is 0 Å². The van der Waals surface area contributed by atoms with E-state index in [0.29, 0.717) is 18.8 Å². The molecule has 0 saturated carbocycles. The molecule has 0 spiro atoms. The van der Waals surface area contributed by atoms with Crippen LogP contribution >= 0.6 is 11.8 Å². The largest absolute Gasteiger partial charge is 0.480 e. The predicted octanol–water partition coefficient (Wildman–Crippen LogP) is 1.62.